The fourth-order valence-corrected chi connectivity index (χ4v) is 3.50. The first-order valence-corrected chi connectivity index (χ1v) is 6.73. The molecule has 1 heterocycles. The van der Waals surface area contributed by atoms with Gasteiger partial charge in [0.25, 0.3) is 0 Å². The number of nitrogens with two attached hydrogens (primary N) is 1. The first-order valence-electron chi connectivity index (χ1n) is 5.68. The normalized spacial score (nSPS) is 22.9. The van der Waals surface area contributed by atoms with E-state index < -0.39 is 0 Å². The number of aryl methyl sites for hydroxylation is 1. The van der Waals surface area contributed by atoms with E-state index in [1.807, 2.05) is 11.8 Å². The van der Waals surface area contributed by atoms with Crippen molar-refractivity contribution in [3.05, 3.63) is 35.4 Å². The van der Waals surface area contributed by atoms with Crippen LogP contribution in [0.2, 0.25) is 0 Å². The van der Waals surface area contributed by atoms with Gasteiger partial charge in [-0.1, -0.05) is 29.8 Å². The summed E-state index contributed by atoms with van der Waals surface area (Å²) in [4.78, 5) is 0. The summed E-state index contributed by atoms with van der Waals surface area (Å²) in [5, 5.41) is 0.686. The molecule has 1 aromatic carbocycles. The molecule has 1 nitrogen and oxygen atoms in total. The average Bonchev–Trinajstić information content (AvgIpc) is 2.70. The molecule has 0 radical (unpaired) electrons. The Balaban J connectivity index is 1.95. The Hall–Kier alpha value is -0.470. The van der Waals surface area contributed by atoms with E-state index in [4.69, 9.17) is 5.73 Å². The Bertz CT molecular complexity index is 318. The molecule has 1 aliphatic heterocycles. The molecule has 2 unspecified atom stereocenters. The predicted octanol–water partition coefficient (Wildman–Crippen LogP) is 2.76. The molecule has 2 heteroatoms. The van der Waals surface area contributed by atoms with Crippen LogP contribution in [-0.4, -0.2) is 17.0 Å². The molecule has 0 bridgehead atoms. The lowest BCUT2D eigenvalue weighted by molar-refractivity contribution is 0.609. The number of rotatable bonds is 3. The molecule has 0 spiro atoms. The summed E-state index contributed by atoms with van der Waals surface area (Å²) in [6.07, 6.45) is 3.67. The van der Waals surface area contributed by atoms with E-state index in [0.29, 0.717) is 11.3 Å². The molecule has 0 saturated carbocycles. The zero-order valence-electron chi connectivity index (χ0n) is 9.28. The van der Waals surface area contributed by atoms with Crippen LogP contribution in [0.1, 0.15) is 24.0 Å². The summed E-state index contributed by atoms with van der Waals surface area (Å²) in [5.74, 6) is 1.30. The maximum atomic E-state index is 6.24. The van der Waals surface area contributed by atoms with Crippen molar-refractivity contribution in [2.24, 2.45) is 5.73 Å². The smallest absolute Gasteiger partial charge is 0.0202 e. The summed E-state index contributed by atoms with van der Waals surface area (Å²) >= 11 is 2.05. The second-order valence-corrected chi connectivity index (χ2v) is 5.76. The molecule has 15 heavy (non-hydrogen) atoms. The summed E-state index contributed by atoms with van der Waals surface area (Å²) < 4.78 is 0. The second-order valence-electron chi connectivity index (χ2n) is 4.41. The van der Waals surface area contributed by atoms with E-state index in [-0.39, 0.29) is 0 Å². The minimum atomic E-state index is 0.333. The topological polar surface area (TPSA) is 26.0 Å². The van der Waals surface area contributed by atoms with Crippen LogP contribution in [0.15, 0.2) is 24.3 Å². The van der Waals surface area contributed by atoms with E-state index in [0.717, 1.165) is 6.42 Å². The van der Waals surface area contributed by atoms with E-state index in [2.05, 4.69) is 31.2 Å². The molecular formula is C13H19NS. The second kappa shape index (κ2) is 5.04. The van der Waals surface area contributed by atoms with Crippen molar-refractivity contribution in [3.63, 3.8) is 0 Å². The zero-order valence-corrected chi connectivity index (χ0v) is 10.1. The quantitative estimate of drug-likeness (QED) is 0.849. The van der Waals surface area contributed by atoms with Gasteiger partial charge in [0.2, 0.25) is 0 Å². The van der Waals surface area contributed by atoms with Gasteiger partial charge in [-0.3, -0.25) is 0 Å². The van der Waals surface area contributed by atoms with Gasteiger partial charge in [-0.05, 0) is 37.5 Å². The van der Waals surface area contributed by atoms with Gasteiger partial charge >= 0.3 is 0 Å². The van der Waals surface area contributed by atoms with Gasteiger partial charge in [0, 0.05) is 11.3 Å². The van der Waals surface area contributed by atoms with Crippen molar-refractivity contribution in [2.75, 3.05) is 5.75 Å². The molecular weight excluding hydrogens is 202 g/mol. The molecule has 1 saturated heterocycles. The van der Waals surface area contributed by atoms with Crippen molar-refractivity contribution < 1.29 is 0 Å². The fourth-order valence-electron chi connectivity index (χ4n) is 2.18. The summed E-state index contributed by atoms with van der Waals surface area (Å²) in [5.41, 5.74) is 8.96. The molecule has 1 aromatic rings. The minimum Gasteiger partial charge on any atom is -0.326 e. The molecule has 82 valence electrons. The molecule has 1 fully saturated rings. The standard InChI is InChI=1S/C13H19NS/c1-10-4-2-5-11(8-10)9-12(14)13-6-3-7-15-13/h2,4-5,8,12-13H,3,6-7,9,14H2,1H3. The Kier molecular flexibility index (Phi) is 3.71. The maximum Gasteiger partial charge on any atom is 0.0202 e. The van der Waals surface area contributed by atoms with Crippen LogP contribution in [0.25, 0.3) is 0 Å². The van der Waals surface area contributed by atoms with Gasteiger partial charge in [-0.15, -0.1) is 0 Å². The zero-order chi connectivity index (χ0) is 10.7. The Morgan fingerprint density at radius 3 is 3.07 bits per heavy atom. The lowest BCUT2D eigenvalue weighted by Crippen LogP contribution is -2.33. The van der Waals surface area contributed by atoms with Crippen LogP contribution in [0.3, 0.4) is 0 Å². The van der Waals surface area contributed by atoms with E-state index >= 15 is 0 Å². The largest absolute Gasteiger partial charge is 0.326 e. The molecule has 2 rings (SSSR count). The maximum absolute atomic E-state index is 6.24. The van der Waals surface area contributed by atoms with Gasteiger partial charge < -0.3 is 5.73 Å². The highest BCUT2D eigenvalue weighted by Crippen LogP contribution is 2.29. The van der Waals surface area contributed by atoms with Crippen molar-refractivity contribution in [1.82, 2.24) is 0 Å². The van der Waals surface area contributed by atoms with Crippen LogP contribution in [0.5, 0.6) is 0 Å². The monoisotopic (exact) mass is 221 g/mol. The fraction of sp³-hybridized carbons (Fsp3) is 0.538. The highest BCUT2D eigenvalue weighted by atomic mass is 32.2. The molecule has 2 atom stereocenters. The third-order valence-electron chi connectivity index (χ3n) is 3.00. The average molecular weight is 221 g/mol. The SMILES string of the molecule is Cc1cccc(CC(N)C2CCCS2)c1. The van der Waals surface area contributed by atoms with Gasteiger partial charge in [-0.25, -0.2) is 0 Å². The Morgan fingerprint density at radius 1 is 1.53 bits per heavy atom. The lowest BCUT2D eigenvalue weighted by atomic mass is 10.0. The third kappa shape index (κ3) is 2.99. The molecule has 1 aliphatic rings. The highest BCUT2D eigenvalue weighted by molar-refractivity contribution is 8.00. The lowest BCUT2D eigenvalue weighted by Gasteiger charge is -2.18. The first-order chi connectivity index (χ1) is 7.25. The summed E-state index contributed by atoms with van der Waals surface area (Å²) in [7, 11) is 0. The molecule has 2 N–H and O–H groups in total. The van der Waals surface area contributed by atoms with Crippen LogP contribution in [0.4, 0.5) is 0 Å². The minimum absolute atomic E-state index is 0.333. The highest BCUT2D eigenvalue weighted by Gasteiger charge is 2.22. The molecule has 0 amide bonds. The van der Waals surface area contributed by atoms with Crippen molar-refractivity contribution in [2.45, 2.75) is 37.5 Å². The van der Waals surface area contributed by atoms with Gasteiger partial charge in [0.1, 0.15) is 0 Å². The van der Waals surface area contributed by atoms with Gasteiger partial charge in [-0.2, -0.15) is 11.8 Å². The predicted molar refractivity (Wildman–Crippen MR) is 68.3 cm³/mol. The van der Waals surface area contributed by atoms with E-state index in [1.165, 1.54) is 29.7 Å². The number of thioether (sulfide) groups is 1. The van der Waals surface area contributed by atoms with Gasteiger partial charge in [0.15, 0.2) is 0 Å². The molecule has 0 aliphatic carbocycles. The van der Waals surface area contributed by atoms with Crippen LogP contribution >= 0.6 is 11.8 Å². The van der Waals surface area contributed by atoms with Gasteiger partial charge in [0.05, 0.1) is 0 Å². The van der Waals surface area contributed by atoms with E-state index in [1.54, 1.807) is 0 Å². The van der Waals surface area contributed by atoms with E-state index in [9.17, 15) is 0 Å². The summed E-state index contributed by atoms with van der Waals surface area (Å²) in [6, 6.07) is 9.03. The number of benzene rings is 1. The van der Waals surface area contributed by atoms with Crippen LogP contribution in [-0.2, 0) is 6.42 Å². The van der Waals surface area contributed by atoms with Crippen molar-refractivity contribution in [1.29, 1.82) is 0 Å². The molecule has 0 aromatic heterocycles. The van der Waals surface area contributed by atoms with Crippen molar-refractivity contribution in [3.8, 4) is 0 Å². The number of hydrogen-bond donors (Lipinski definition) is 1. The van der Waals surface area contributed by atoms with Crippen LogP contribution in [0, 0.1) is 6.92 Å². The Morgan fingerprint density at radius 2 is 2.40 bits per heavy atom. The van der Waals surface area contributed by atoms with Crippen molar-refractivity contribution >= 4 is 11.8 Å². The Labute approximate surface area is 96.4 Å². The van der Waals surface area contributed by atoms with Crippen LogP contribution < -0.4 is 5.73 Å². The summed E-state index contributed by atoms with van der Waals surface area (Å²) in [6.45, 7) is 2.14. The number of hydrogen-bond acceptors (Lipinski definition) is 2. The third-order valence-corrected chi connectivity index (χ3v) is 4.53. The first kappa shape index (κ1) is 11.0.